The number of carboxylic acids is 1. The summed E-state index contributed by atoms with van der Waals surface area (Å²) >= 11 is 0. The Morgan fingerprint density at radius 2 is 1.59 bits per heavy atom. The molecule has 1 saturated carbocycles. The lowest BCUT2D eigenvalue weighted by molar-refractivity contribution is -0.137. The molecule has 0 aromatic heterocycles. The molecule has 7 nitrogen and oxygen atoms in total. The minimum Gasteiger partial charge on any atom is -0.494 e. The standard InChI is InChI=1S/C22H24N2O5/c1-14-13-19(14)22(28)24-16-6-4-15(5-7-16)21(27)23-17-8-10-18(11-9-17)29-12-2-3-20(25)26/h4-11,14,19H,2-3,12-13H2,1H3,(H,23,27)(H,24,28)(H,25,26). The molecule has 2 aromatic rings. The smallest absolute Gasteiger partial charge is 0.303 e. The third kappa shape index (κ3) is 6.07. The van der Waals surface area contributed by atoms with Crippen molar-refractivity contribution in [3.05, 3.63) is 54.1 Å². The molecule has 1 aliphatic carbocycles. The van der Waals surface area contributed by atoms with E-state index in [2.05, 4.69) is 17.6 Å². The van der Waals surface area contributed by atoms with Gasteiger partial charge in [0.05, 0.1) is 6.61 Å². The van der Waals surface area contributed by atoms with Crippen LogP contribution in [0.3, 0.4) is 0 Å². The van der Waals surface area contributed by atoms with Gasteiger partial charge in [-0.3, -0.25) is 14.4 Å². The van der Waals surface area contributed by atoms with Gasteiger partial charge in [0.2, 0.25) is 5.91 Å². The van der Waals surface area contributed by atoms with Gasteiger partial charge in [-0.05, 0) is 67.3 Å². The fourth-order valence-electron chi connectivity index (χ4n) is 2.88. The Morgan fingerprint density at radius 3 is 2.17 bits per heavy atom. The maximum Gasteiger partial charge on any atom is 0.303 e. The van der Waals surface area contributed by atoms with Crippen molar-refractivity contribution in [1.29, 1.82) is 0 Å². The van der Waals surface area contributed by atoms with Crippen LogP contribution in [0.4, 0.5) is 11.4 Å². The molecule has 7 heteroatoms. The highest BCUT2D eigenvalue weighted by Crippen LogP contribution is 2.38. The highest BCUT2D eigenvalue weighted by Gasteiger charge is 2.39. The van der Waals surface area contributed by atoms with Crippen LogP contribution in [0.5, 0.6) is 5.75 Å². The maximum absolute atomic E-state index is 12.4. The molecule has 2 atom stereocenters. The SMILES string of the molecule is CC1CC1C(=O)Nc1ccc(C(=O)Nc2ccc(OCCCC(=O)O)cc2)cc1. The largest absolute Gasteiger partial charge is 0.494 e. The number of hydrogen-bond acceptors (Lipinski definition) is 4. The number of carbonyl (C=O) groups excluding carboxylic acids is 2. The fraction of sp³-hybridized carbons (Fsp3) is 0.318. The molecule has 0 bridgehead atoms. The van der Waals surface area contributed by atoms with Crippen molar-refractivity contribution in [3.63, 3.8) is 0 Å². The van der Waals surface area contributed by atoms with E-state index >= 15 is 0 Å². The molecule has 2 unspecified atom stereocenters. The number of benzene rings is 2. The average molecular weight is 396 g/mol. The van der Waals surface area contributed by atoms with Crippen LogP contribution < -0.4 is 15.4 Å². The van der Waals surface area contributed by atoms with Gasteiger partial charge in [-0.15, -0.1) is 0 Å². The van der Waals surface area contributed by atoms with Crippen molar-refractivity contribution in [2.75, 3.05) is 17.2 Å². The van der Waals surface area contributed by atoms with Crippen molar-refractivity contribution < 1.29 is 24.2 Å². The van der Waals surface area contributed by atoms with Gasteiger partial charge in [-0.25, -0.2) is 0 Å². The van der Waals surface area contributed by atoms with E-state index in [1.54, 1.807) is 48.5 Å². The van der Waals surface area contributed by atoms with Crippen LogP contribution in [-0.4, -0.2) is 29.5 Å². The highest BCUT2D eigenvalue weighted by atomic mass is 16.5. The van der Waals surface area contributed by atoms with Gasteiger partial charge in [-0.1, -0.05) is 6.92 Å². The zero-order valence-corrected chi connectivity index (χ0v) is 16.2. The van der Waals surface area contributed by atoms with E-state index in [-0.39, 0.29) is 24.2 Å². The zero-order valence-electron chi connectivity index (χ0n) is 16.2. The molecule has 0 aliphatic heterocycles. The number of ether oxygens (including phenoxy) is 1. The Bertz CT molecular complexity index is 877. The minimum atomic E-state index is -0.848. The summed E-state index contributed by atoms with van der Waals surface area (Å²) < 4.78 is 5.46. The van der Waals surface area contributed by atoms with Crippen LogP contribution in [0.15, 0.2) is 48.5 Å². The summed E-state index contributed by atoms with van der Waals surface area (Å²) in [6, 6.07) is 13.6. The van der Waals surface area contributed by atoms with Gasteiger partial charge < -0.3 is 20.5 Å². The Morgan fingerprint density at radius 1 is 1.00 bits per heavy atom. The van der Waals surface area contributed by atoms with Crippen LogP contribution >= 0.6 is 0 Å². The van der Waals surface area contributed by atoms with Gasteiger partial charge in [0.25, 0.3) is 5.91 Å². The van der Waals surface area contributed by atoms with E-state index in [4.69, 9.17) is 9.84 Å². The highest BCUT2D eigenvalue weighted by molar-refractivity contribution is 6.04. The van der Waals surface area contributed by atoms with Crippen LogP contribution in [-0.2, 0) is 9.59 Å². The lowest BCUT2D eigenvalue weighted by atomic mass is 10.2. The van der Waals surface area contributed by atoms with E-state index < -0.39 is 5.97 Å². The second-order valence-corrected chi connectivity index (χ2v) is 7.21. The van der Waals surface area contributed by atoms with Crippen molar-refractivity contribution in [3.8, 4) is 5.75 Å². The summed E-state index contributed by atoms with van der Waals surface area (Å²) in [7, 11) is 0. The first-order valence-electron chi connectivity index (χ1n) is 9.59. The number of hydrogen-bond donors (Lipinski definition) is 3. The third-order valence-corrected chi connectivity index (χ3v) is 4.78. The van der Waals surface area contributed by atoms with Gasteiger partial charge in [0.1, 0.15) is 5.75 Å². The van der Waals surface area contributed by atoms with Crippen LogP contribution in [0, 0.1) is 11.8 Å². The van der Waals surface area contributed by atoms with Crippen LogP contribution in [0.1, 0.15) is 36.5 Å². The minimum absolute atomic E-state index is 0.0278. The Hall–Kier alpha value is -3.35. The van der Waals surface area contributed by atoms with E-state index in [9.17, 15) is 14.4 Å². The number of aliphatic carboxylic acids is 1. The summed E-state index contributed by atoms with van der Waals surface area (Å²) in [5.74, 6) is 0.0792. The molecule has 3 rings (SSSR count). The second kappa shape index (κ2) is 9.23. The lowest BCUT2D eigenvalue weighted by Gasteiger charge is -2.09. The Labute approximate surface area is 169 Å². The topological polar surface area (TPSA) is 105 Å². The number of nitrogens with one attached hydrogen (secondary N) is 2. The quantitative estimate of drug-likeness (QED) is 0.560. The van der Waals surface area contributed by atoms with Crippen LogP contribution in [0.25, 0.3) is 0 Å². The first-order chi connectivity index (χ1) is 13.9. The zero-order chi connectivity index (χ0) is 20.8. The normalized spacial score (nSPS) is 17.3. The second-order valence-electron chi connectivity index (χ2n) is 7.21. The molecule has 3 N–H and O–H groups in total. The molecule has 0 radical (unpaired) electrons. The number of carbonyl (C=O) groups is 3. The molecular weight excluding hydrogens is 372 g/mol. The molecule has 0 spiro atoms. The van der Waals surface area contributed by atoms with E-state index in [0.29, 0.717) is 41.6 Å². The molecule has 2 aromatic carbocycles. The summed E-state index contributed by atoms with van der Waals surface area (Å²) in [6.45, 7) is 2.37. The summed E-state index contributed by atoms with van der Waals surface area (Å²) in [6.07, 6.45) is 1.43. The Kier molecular flexibility index (Phi) is 6.49. The lowest BCUT2D eigenvalue weighted by Crippen LogP contribution is -2.15. The van der Waals surface area contributed by atoms with E-state index in [1.807, 2.05) is 0 Å². The van der Waals surface area contributed by atoms with E-state index in [0.717, 1.165) is 6.42 Å². The third-order valence-electron chi connectivity index (χ3n) is 4.78. The predicted molar refractivity (Wildman–Crippen MR) is 109 cm³/mol. The monoisotopic (exact) mass is 396 g/mol. The van der Waals surface area contributed by atoms with Gasteiger partial charge >= 0.3 is 5.97 Å². The first-order valence-corrected chi connectivity index (χ1v) is 9.59. The molecule has 152 valence electrons. The molecule has 2 amide bonds. The molecule has 29 heavy (non-hydrogen) atoms. The average Bonchev–Trinajstić information content (AvgIpc) is 3.44. The number of rotatable bonds is 9. The fourth-order valence-corrected chi connectivity index (χ4v) is 2.88. The van der Waals surface area contributed by atoms with E-state index in [1.165, 1.54) is 0 Å². The van der Waals surface area contributed by atoms with Gasteiger partial charge in [0, 0.05) is 29.3 Å². The maximum atomic E-state index is 12.4. The summed E-state index contributed by atoms with van der Waals surface area (Å²) in [5, 5.41) is 14.3. The van der Waals surface area contributed by atoms with Crippen molar-refractivity contribution in [2.24, 2.45) is 11.8 Å². The van der Waals surface area contributed by atoms with Crippen molar-refractivity contribution >= 4 is 29.2 Å². The number of carboxylic acid groups (broad SMARTS) is 1. The molecule has 0 saturated heterocycles. The van der Waals surface area contributed by atoms with Crippen molar-refractivity contribution in [1.82, 2.24) is 0 Å². The first kappa shape index (κ1) is 20.4. The summed E-state index contributed by atoms with van der Waals surface area (Å²) in [4.78, 5) is 34.8. The number of amides is 2. The Balaban J connectivity index is 1.48. The molecule has 0 heterocycles. The molecular formula is C22H24N2O5. The van der Waals surface area contributed by atoms with Crippen LogP contribution in [0.2, 0.25) is 0 Å². The van der Waals surface area contributed by atoms with Crippen molar-refractivity contribution in [2.45, 2.75) is 26.2 Å². The molecule has 1 fully saturated rings. The van der Waals surface area contributed by atoms with Gasteiger partial charge in [0.15, 0.2) is 0 Å². The van der Waals surface area contributed by atoms with Gasteiger partial charge in [-0.2, -0.15) is 0 Å². The molecule has 1 aliphatic rings. The number of anilines is 2. The predicted octanol–water partition coefficient (Wildman–Crippen LogP) is 3.78. The summed E-state index contributed by atoms with van der Waals surface area (Å²) in [5.41, 5.74) is 1.78.